The van der Waals surface area contributed by atoms with Crippen molar-refractivity contribution in [2.75, 3.05) is 0 Å². The maximum Gasteiger partial charge on any atom is 0.161 e. The minimum Gasteiger partial charge on any atom is -0.453 e. The summed E-state index contributed by atoms with van der Waals surface area (Å²) in [5.41, 5.74) is 4.96. The third-order valence-corrected chi connectivity index (χ3v) is 4.67. The number of hydrogen-bond acceptors (Lipinski definition) is 3. The van der Waals surface area contributed by atoms with Crippen molar-refractivity contribution >= 4 is 0 Å². The van der Waals surface area contributed by atoms with E-state index < -0.39 is 0 Å². The van der Waals surface area contributed by atoms with Crippen LogP contribution in [-0.2, 0) is 0 Å². The van der Waals surface area contributed by atoms with Crippen molar-refractivity contribution < 1.29 is 4.42 Å². The number of hydrogen-bond donors (Lipinski definition) is 0. The highest BCUT2D eigenvalue weighted by molar-refractivity contribution is 5.92. The standard InChI is InChI=1S/C24H17N3O/c1-4-10-18(11-5-1)21-22(27-17-16-25-26-27)24(20-14-8-3-9-15-20)28-23(21)19-12-6-2-7-13-19/h1-17H. The van der Waals surface area contributed by atoms with Crippen LogP contribution >= 0.6 is 0 Å². The first-order chi connectivity index (χ1) is 13.9. The maximum atomic E-state index is 6.51. The Morgan fingerprint density at radius 2 is 1.14 bits per heavy atom. The number of benzene rings is 3. The zero-order valence-corrected chi connectivity index (χ0v) is 15.1. The molecule has 0 atom stereocenters. The molecular weight excluding hydrogens is 346 g/mol. The fraction of sp³-hybridized carbons (Fsp3) is 0. The van der Waals surface area contributed by atoms with E-state index in [0.29, 0.717) is 0 Å². The molecule has 0 spiro atoms. The Morgan fingerprint density at radius 3 is 1.68 bits per heavy atom. The summed E-state index contributed by atoms with van der Waals surface area (Å²) < 4.78 is 8.29. The number of furan rings is 1. The molecule has 4 nitrogen and oxygen atoms in total. The van der Waals surface area contributed by atoms with Crippen LogP contribution in [0.1, 0.15) is 0 Å². The van der Waals surface area contributed by atoms with Crippen LogP contribution in [0, 0.1) is 0 Å². The molecule has 134 valence electrons. The molecule has 0 bridgehead atoms. The Kier molecular flexibility index (Phi) is 4.07. The third kappa shape index (κ3) is 2.81. The van der Waals surface area contributed by atoms with Crippen LogP contribution in [0.15, 0.2) is 108 Å². The van der Waals surface area contributed by atoms with Crippen molar-refractivity contribution in [1.82, 2.24) is 15.0 Å². The normalized spacial score (nSPS) is 10.9. The minimum absolute atomic E-state index is 0.767. The quantitative estimate of drug-likeness (QED) is 0.402. The van der Waals surface area contributed by atoms with Gasteiger partial charge >= 0.3 is 0 Å². The van der Waals surface area contributed by atoms with Crippen LogP contribution in [0.5, 0.6) is 0 Å². The summed E-state index contributed by atoms with van der Waals surface area (Å²) in [4.78, 5) is 0. The van der Waals surface area contributed by atoms with E-state index >= 15 is 0 Å². The van der Waals surface area contributed by atoms with E-state index in [4.69, 9.17) is 4.42 Å². The lowest BCUT2D eigenvalue weighted by Gasteiger charge is -2.07. The van der Waals surface area contributed by atoms with Crippen LogP contribution in [0.25, 0.3) is 39.5 Å². The van der Waals surface area contributed by atoms with Gasteiger partial charge in [-0.15, -0.1) is 5.10 Å². The van der Waals surface area contributed by atoms with Gasteiger partial charge in [0.2, 0.25) is 0 Å². The molecule has 5 aromatic rings. The van der Waals surface area contributed by atoms with Crippen LogP contribution < -0.4 is 0 Å². The molecule has 2 heterocycles. The highest BCUT2D eigenvalue weighted by Gasteiger charge is 2.25. The Hall–Kier alpha value is -3.92. The van der Waals surface area contributed by atoms with Gasteiger partial charge in [-0.3, -0.25) is 0 Å². The monoisotopic (exact) mass is 363 g/mol. The van der Waals surface area contributed by atoms with Gasteiger partial charge in [0.25, 0.3) is 0 Å². The van der Waals surface area contributed by atoms with Crippen LogP contribution in [0.2, 0.25) is 0 Å². The second-order valence-corrected chi connectivity index (χ2v) is 6.43. The average molecular weight is 363 g/mol. The lowest BCUT2D eigenvalue weighted by Crippen LogP contribution is -1.98. The molecule has 0 aliphatic carbocycles. The maximum absolute atomic E-state index is 6.51. The molecule has 28 heavy (non-hydrogen) atoms. The highest BCUT2D eigenvalue weighted by Crippen LogP contribution is 2.44. The Balaban J connectivity index is 1.88. The molecule has 5 rings (SSSR count). The number of nitrogens with zero attached hydrogens (tertiary/aromatic N) is 3. The molecule has 0 N–H and O–H groups in total. The van der Waals surface area contributed by atoms with E-state index in [-0.39, 0.29) is 0 Å². The van der Waals surface area contributed by atoms with Gasteiger partial charge in [0.05, 0.1) is 18.0 Å². The first kappa shape index (κ1) is 16.3. The summed E-state index contributed by atoms with van der Waals surface area (Å²) >= 11 is 0. The molecule has 4 heteroatoms. The first-order valence-electron chi connectivity index (χ1n) is 9.11. The Labute approximate surface area is 162 Å². The number of aromatic nitrogens is 3. The first-order valence-corrected chi connectivity index (χ1v) is 9.11. The van der Waals surface area contributed by atoms with Gasteiger partial charge in [0.15, 0.2) is 5.76 Å². The molecule has 0 amide bonds. The highest BCUT2D eigenvalue weighted by atomic mass is 16.3. The van der Waals surface area contributed by atoms with Crippen LogP contribution in [0.3, 0.4) is 0 Å². The summed E-state index contributed by atoms with van der Waals surface area (Å²) in [5.74, 6) is 1.58. The van der Waals surface area contributed by atoms with Gasteiger partial charge in [-0.1, -0.05) is 96.2 Å². The molecule has 3 aromatic carbocycles. The molecular formula is C24H17N3O. The SMILES string of the molecule is c1ccc(-c2oc(-c3ccccc3)c(-n3ccnn3)c2-c2ccccc2)cc1. The Morgan fingerprint density at radius 1 is 0.607 bits per heavy atom. The van der Waals surface area contributed by atoms with Gasteiger partial charge in [0.1, 0.15) is 11.4 Å². The Bertz CT molecular complexity index is 1180. The third-order valence-electron chi connectivity index (χ3n) is 4.67. The molecule has 0 unspecified atom stereocenters. The van der Waals surface area contributed by atoms with Crippen molar-refractivity contribution in [2.45, 2.75) is 0 Å². The van der Waals surface area contributed by atoms with Crippen molar-refractivity contribution in [3.05, 3.63) is 103 Å². The zero-order valence-electron chi connectivity index (χ0n) is 15.1. The molecule has 0 saturated heterocycles. The van der Waals surface area contributed by atoms with Crippen LogP contribution in [-0.4, -0.2) is 15.0 Å². The fourth-order valence-corrected chi connectivity index (χ4v) is 3.42. The topological polar surface area (TPSA) is 43.9 Å². The lowest BCUT2D eigenvalue weighted by molar-refractivity contribution is 0.594. The van der Waals surface area contributed by atoms with Crippen molar-refractivity contribution in [2.24, 2.45) is 0 Å². The van der Waals surface area contributed by atoms with Gasteiger partial charge < -0.3 is 4.42 Å². The van der Waals surface area contributed by atoms with Gasteiger partial charge in [0, 0.05) is 11.1 Å². The van der Waals surface area contributed by atoms with Crippen molar-refractivity contribution in [3.63, 3.8) is 0 Å². The van der Waals surface area contributed by atoms with E-state index in [1.807, 2.05) is 72.9 Å². The van der Waals surface area contributed by atoms with E-state index in [0.717, 1.165) is 39.5 Å². The second-order valence-electron chi connectivity index (χ2n) is 6.43. The lowest BCUT2D eigenvalue weighted by atomic mass is 9.99. The van der Waals surface area contributed by atoms with E-state index in [1.165, 1.54) is 0 Å². The number of rotatable bonds is 4. The smallest absolute Gasteiger partial charge is 0.161 e. The summed E-state index contributed by atoms with van der Waals surface area (Å²) in [6, 6.07) is 30.5. The average Bonchev–Trinajstić information content (AvgIpc) is 3.43. The van der Waals surface area contributed by atoms with Gasteiger partial charge in [-0.25, -0.2) is 4.68 Å². The van der Waals surface area contributed by atoms with Gasteiger partial charge in [-0.05, 0) is 5.56 Å². The predicted molar refractivity (Wildman–Crippen MR) is 110 cm³/mol. The molecule has 0 fully saturated rings. The van der Waals surface area contributed by atoms with Crippen LogP contribution in [0.4, 0.5) is 0 Å². The summed E-state index contributed by atoms with van der Waals surface area (Å²) in [5, 5.41) is 8.29. The van der Waals surface area contributed by atoms with Gasteiger partial charge in [-0.2, -0.15) is 0 Å². The zero-order chi connectivity index (χ0) is 18.8. The summed E-state index contributed by atoms with van der Waals surface area (Å²) in [6.07, 6.45) is 3.53. The fourth-order valence-electron chi connectivity index (χ4n) is 3.42. The minimum atomic E-state index is 0.767. The largest absolute Gasteiger partial charge is 0.453 e. The van der Waals surface area contributed by atoms with Crippen molar-refractivity contribution in [1.29, 1.82) is 0 Å². The van der Waals surface area contributed by atoms with E-state index in [9.17, 15) is 0 Å². The predicted octanol–water partition coefficient (Wildman–Crippen LogP) is 5.86. The summed E-state index contributed by atoms with van der Waals surface area (Å²) in [7, 11) is 0. The van der Waals surface area contributed by atoms with Crippen molar-refractivity contribution in [3.8, 4) is 39.5 Å². The molecule has 0 saturated carbocycles. The van der Waals surface area contributed by atoms with E-state index in [1.54, 1.807) is 10.9 Å². The summed E-state index contributed by atoms with van der Waals surface area (Å²) in [6.45, 7) is 0. The molecule has 2 aromatic heterocycles. The van der Waals surface area contributed by atoms with E-state index in [2.05, 4.69) is 34.6 Å². The molecule has 0 aliphatic rings. The molecule has 0 radical (unpaired) electrons. The second kappa shape index (κ2) is 7.00. The molecule has 0 aliphatic heterocycles.